The summed E-state index contributed by atoms with van der Waals surface area (Å²) in [4.78, 5) is 7.00. The zero-order valence-electron chi connectivity index (χ0n) is 26.7. The van der Waals surface area contributed by atoms with Crippen molar-refractivity contribution in [2.24, 2.45) is 17.3 Å². The van der Waals surface area contributed by atoms with Crippen LogP contribution < -0.4 is 0 Å². The van der Waals surface area contributed by atoms with Gasteiger partial charge in [0.15, 0.2) is 0 Å². The second-order valence-corrected chi connectivity index (χ2v) is 17.6. The lowest BCUT2D eigenvalue weighted by atomic mass is 9.63. The third kappa shape index (κ3) is 6.43. The first-order valence-corrected chi connectivity index (χ1v) is 18.0. The topological polar surface area (TPSA) is 3.24 Å². The zero-order valence-corrected chi connectivity index (χ0v) is 29.9. The van der Waals surface area contributed by atoms with Crippen molar-refractivity contribution in [3.63, 3.8) is 0 Å². The van der Waals surface area contributed by atoms with E-state index in [2.05, 4.69) is 167 Å². The highest BCUT2D eigenvalue weighted by molar-refractivity contribution is 9.10. The first-order valence-electron chi connectivity index (χ1n) is 15.5. The number of thiophene rings is 1. The third-order valence-electron chi connectivity index (χ3n) is 10.0. The fourth-order valence-electron chi connectivity index (χ4n) is 6.75. The summed E-state index contributed by atoms with van der Waals surface area (Å²) < 4.78 is 1.13. The molecule has 4 heteroatoms. The van der Waals surface area contributed by atoms with E-state index in [9.17, 15) is 0 Å². The van der Waals surface area contributed by atoms with E-state index in [0.717, 1.165) is 16.9 Å². The molecule has 1 aromatic heterocycles. The van der Waals surface area contributed by atoms with Gasteiger partial charge in [-0.2, -0.15) is 0 Å². The molecule has 2 aromatic carbocycles. The first-order chi connectivity index (χ1) is 19.8. The van der Waals surface area contributed by atoms with Gasteiger partial charge < -0.3 is 0 Å². The van der Waals surface area contributed by atoms with Gasteiger partial charge in [0.05, 0.1) is 0 Å². The van der Waals surface area contributed by atoms with Gasteiger partial charge >= 0.3 is 0 Å². The summed E-state index contributed by atoms with van der Waals surface area (Å²) in [6.45, 7) is 22.4. The van der Waals surface area contributed by atoms with Crippen LogP contribution in [0.3, 0.4) is 0 Å². The highest BCUT2D eigenvalue weighted by Crippen LogP contribution is 2.51. The fourth-order valence-corrected chi connectivity index (χ4v) is 9.90. The molecule has 0 N–H and O–H groups in total. The minimum Gasteiger partial charge on any atom is -0.299 e. The van der Waals surface area contributed by atoms with E-state index in [-0.39, 0.29) is 10.8 Å². The van der Waals surface area contributed by atoms with Crippen LogP contribution >= 0.6 is 39.0 Å². The number of allylic oxidation sites excluding steroid dienone is 3. The van der Waals surface area contributed by atoms with E-state index >= 15 is 0 Å². The van der Waals surface area contributed by atoms with Crippen LogP contribution in [0.15, 0.2) is 88.3 Å². The maximum Gasteiger partial charge on any atom is 0.0349 e. The molecule has 0 saturated carbocycles. The molecule has 1 fully saturated rings. The van der Waals surface area contributed by atoms with Crippen LogP contribution in [-0.4, -0.2) is 23.2 Å². The number of nitrogens with zero attached hydrogens (tertiary/aromatic N) is 1. The van der Waals surface area contributed by atoms with Crippen LogP contribution in [-0.2, 0) is 17.4 Å². The van der Waals surface area contributed by atoms with Gasteiger partial charge in [0.25, 0.3) is 0 Å². The molecule has 0 spiro atoms. The maximum atomic E-state index is 3.61. The molecule has 1 nitrogen and oxygen atoms in total. The molecule has 0 aliphatic carbocycles. The summed E-state index contributed by atoms with van der Waals surface area (Å²) in [5.74, 6) is 1.38. The van der Waals surface area contributed by atoms with E-state index in [0.29, 0.717) is 16.6 Å². The summed E-state index contributed by atoms with van der Waals surface area (Å²) in [6, 6.07) is 22.7. The largest absolute Gasteiger partial charge is 0.299 e. The van der Waals surface area contributed by atoms with E-state index in [4.69, 9.17) is 0 Å². The van der Waals surface area contributed by atoms with E-state index in [1.54, 1.807) is 0 Å². The molecule has 2 aliphatic rings. The first kappa shape index (κ1) is 31.8. The van der Waals surface area contributed by atoms with Gasteiger partial charge in [0.2, 0.25) is 0 Å². The van der Waals surface area contributed by atoms with Crippen molar-refractivity contribution >= 4 is 39.0 Å². The predicted octanol–water partition coefficient (Wildman–Crippen LogP) is 11.5. The number of rotatable bonds is 8. The lowest BCUT2D eigenvalue weighted by molar-refractivity contribution is 0.261. The van der Waals surface area contributed by atoms with Crippen LogP contribution in [0.4, 0.5) is 0 Å². The molecule has 224 valence electrons. The number of halogens is 1. The monoisotopic (exact) mass is 661 g/mol. The van der Waals surface area contributed by atoms with Crippen molar-refractivity contribution in [2.75, 3.05) is 13.1 Å². The van der Waals surface area contributed by atoms with Gasteiger partial charge in [-0.1, -0.05) is 119 Å². The van der Waals surface area contributed by atoms with Crippen molar-refractivity contribution in [3.8, 4) is 10.4 Å². The number of hydrogen-bond donors (Lipinski definition) is 0. The summed E-state index contributed by atoms with van der Waals surface area (Å²) in [7, 11) is 0. The highest BCUT2D eigenvalue weighted by Gasteiger charge is 2.43. The Balaban J connectivity index is 1.34. The molecular formula is C38H48BrNS2. The Morgan fingerprint density at radius 1 is 0.905 bits per heavy atom. The van der Waals surface area contributed by atoms with Gasteiger partial charge in [0, 0.05) is 42.9 Å². The van der Waals surface area contributed by atoms with Crippen LogP contribution in [0.25, 0.3) is 10.4 Å². The Labute approximate surface area is 272 Å². The number of likely N-dealkylation sites (tertiary alicyclic amines) is 1. The Kier molecular flexibility index (Phi) is 9.41. The van der Waals surface area contributed by atoms with Gasteiger partial charge in [-0.25, -0.2) is 0 Å². The smallest absolute Gasteiger partial charge is 0.0349 e. The minimum absolute atomic E-state index is 0.00935. The van der Waals surface area contributed by atoms with Crippen molar-refractivity contribution in [3.05, 3.63) is 104 Å². The zero-order chi connectivity index (χ0) is 30.3. The molecule has 2 aliphatic heterocycles. The van der Waals surface area contributed by atoms with Gasteiger partial charge in [0.1, 0.15) is 0 Å². The molecule has 5 rings (SSSR count). The summed E-state index contributed by atoms with van der Waals surface area (Å²) in [5.41, 5.74) is 4.50. The molecule has 3 heterocycles. The van der Waals surface area contributed by atoms with Crippen molar-refractivity contribution in [1.82, 2.24) is 4.90 Å². The Morgan fingerprint density at radius 2 is 1.62 bits per heavy atom. The standard InChI is InChI=1S/C38H48BrNS2/c1-9-12-30-23-32(35(41-30)36(2,3)4)27-21-22-40(25-27)24-26-13-10-11-14-31(26)33-19-20-34(42-33)38(7,8)37(5,6)28-15-17-29(39)18-16-28/h9-20,23,27,32,35H,21-22,24-25H2,1-8H3/b12-9+. The Bertz CT molecular complexity index is 1440. The SMILES string of the molecule is C/C=C/C1=CC(C2CCN(Cc3ccccc3-c3ccc(C(C)(C)C(C)(C)c4ccc(Br)cc4)s3)C2)C(C(C)(C)C)S1. The summed E-state index contributed by atoms with van der Waals surface area (Å²) in [6.07, 6.45) is 8.39. The van der Waals surface area contributed by atoms with Gasteiger partial charge in [-0.05, 0) is 83.5 Å². The Morgan fingerprint density at radius 3 is 2.31 bits per heavy atom. The van der Waals surface area contributed by atoms with Crippen molar-refractivity contribution in [1.29, 1.82) is 0 Å². The normalized spacial score (nSPS) is 22.3. The summed E-state index contributed by atoms with van der Waals surface area (Å²) in [5, 5.41) is 0.649. The van der Waals surface area contributed by atoms with E-state index in [1.807, 2.05) is 11.3 Å². The van der Waals surface area contributed by atoms with Gasteiger partial charge in [-0.15, -0.1) is 23.1 Å². The van der Waals surface area contributed by atoms with Crippen molar-refractivity contribution in [2.45, 2.75) is 84.4 Å². The van der Waals surface area contributed by atoms with Crippen LogP contribution in [0, 0.1) is 17.3 Å². The number of hydrogen-bond acceptors (Lipinski definition) is 3. The molecule has 1 saturated heterocycles. The second kappa shape index (κ2) is 12.4. The molecular weight excluding hydrogens is 614 g/mol. The number of thioether (sulfide) groups is 1. The van der Waals surface area contributed by atoms with Crippen molar-refractivity contribution < 1.29 is 0 Å². The minimum atomic E-state index is -0.0108. The average molecular weight is 663 g/mol. The van der Waals surface area contributed by atoms with Crippen LogP contribution in [0.1, 0.15) is 77.8 Å². The average Bonchev–Trinajstić information content (AvgIpc) is 3.69. The molecule has 3 unspecified atom stereocenters. The molecule has 3 aromatic rings. The predicted molar refractivity (Wildman–Crippen MR) is 191 cm³/mol. The quantitative estimate of drug-likeness (QED) is 0.236. The molecule has 3 atom stereocenters. The number of benzene rings is 2. The van der Waals surface area contributed by atoms with E-state index in [1.165, 1.54) is 50.9 Å². The maximum absolute atomic E-state index is 3.61. The van der Waals surface area contributed by atoms with Gasteiger partial charge in [-0.3, -0.25) is 4.90 Å². The third-order valence-corrected chi connectivity index (χ3v) is 13.8. The highest BCUT2D eigenvalue weighted by atomic mass is 79.9. The molecule has 0 bridgehead atoms. The lowest BCUT2D eigenvalue weighted by Crippen LogP contribution is -2.39. The van der Waals surface area contributed by atoms with Crippen LogP contribution in [0.5, 0.6) is 0 Å². The molecule has 0 amide bonds. The van der Waals surface area contributed by atoms with Crippen LogP contribution in [0.2, 0.25) is 0 Å². The van der Waals surface area contributed by atoms with E-state index < -0.39 is 0 Å². The Hall–Kier alpha value is -1.59. The lowest BCUT2D eigenvalue weighted by Gasteiger charge is -2.42. The second-order valence-electron chi connectivity index (χ2n) is 14.4. The fraction of sp³-hybridized carbons (Fsp3) is 0.474. The molecule has 42 heavy (non-hydrogen) atoms. The summed E-state index contributed by atoms with van der Waals surface area (Å²) >= 11 is 7.68. The molecule has 0 radical (unpaired) electrons.